The molecule has 6 rings (SSSR count). The quantitative estimate of drug-likeness (QED) is 0.0501. The van der Waals surface area contributed by atoms with Crippen molar-refractivity contribution in [3.05, 3.63) is 65.6 Å². The highest BCUT2D eigenvalue weighted by Gasteiger charge is 2.27. The molecule has 1 aromatic carbocycles. The number of carbonyl (C=O) groups is 1. The standard InChI is InChI=1S/C39H52N8O3SSi/c1-26-22-34(43-44-36(26)46(25-49-20-21-52(7,8)9)38-41-31-16-12-13-17-32(31)51-38)45(6)33-19-18-29(35(42-33)37(48)50-39(3,4)5)30-23-40-47(27(30)2)24-28-14-10-11-15-28/h12-13,16-19,22-23,28H,10-11,14-15,20-21,24-25H2,1-9H3. The summed E-state index contributed by atoms with van der Waals surface area (Å²) in [5, 5.41) is 14.9. The Hall–Kier alpha value is -4.20. The molecule has 0 N–H and O–H groups in total. The van der Waals surface area contributed by atoms with Crippen molar-refractivity contribution in [2.24, 2.45) is 5.92 Å². The Morgan fingerprint density at radius 2 is 1.75 bits per heavy atom. The summed E-state index contributed by atoms with van der Waals surface area (Å²) in [6, 6.07) is 15.0. The van der Waals surface area contributed by atoms with Gasteiger partial charge in [-0.05, 0) is 95.3 Å². The number of carbonyl (C=O) groups excluding carboxylic acids is 1. The zero-order valence-corrected chi connectivity index (χ0v) is 33.9. The summed E-state index contributed by atoms with van der Waals surface area (Å²) in [6.07, 6.45) is 6.87. The van der Waals surface area contributed by atoms with Crippen molar-refractivity contribution in [1.29, 1.82) is 0 Å². The molecule has 1 aliphatic carbocycles. The van der Waals surface area contributed by atoms with Gasteiger partial charge in [0.15, 0.2) is 22.5 Å². The van der Waals surface area contributed by atoms with Crippen LogP contribution in [-0.2, 0) is 16.0 Å². The van der Waals surface area contributed by atoms with Gasteiger partial charge < -0.3 is 14.4 Å². The number of thiazole rings is 1. The van der Waals surface area contributed by atoms with E-state index in [1.54, 1.807) is 11.3 Å². The van der Waals surface area contributed by atoms with Crippen molar-refractivity contribution in [1.82, 2.24) is 29.9 Å². The molecule has 0 atom stereocenters. The number of nitrogens with zero attached hydrogens (tertiary/aromatic N) is 8. The second-order valence-electron chi connectivity index (χ2n) is 16.1. The lowest BCUT2D eigenvalue weighted by Crippen LogP contribution is -2.27. The van der Waals surface area contributed by atoms with Crippen molar-refractivity contribution >= 4 is 58.2 Å². The zero-order chi connectivity index (χ0) is 37.2. The summed E-state index contributed by atoms with van der Waals surface area (Å²) >= 11 is 1.60. The molecule has 5 aromatic rings. The average Bonchev–Trinajstić information content (AvgIpc) is 3.84. The minimum Gasteiger partial charge on any atom is -0.455 e. The van der Waals surface area contributed by atoms with Gasteiger partial charge in [0.2, 0.25) is 0 Å². The molecule has 4 heterocycles. The van der Waals surface area contributed by atoms with Crippen LogP contribution in [0.1, 0.15) is 68.2 Å². The molecule has 1 saturated carbocycles. The molecule has 0 bridgehead atoms. The lowest BCUT2D eigenvalue weighted by Gasteiger charge is -2.25. The summed E-state index contributed by atoms with van der Waals surface area (Å²) in [6.45, 7) is 18.6. The minimum absolute atomic E-state index is 0.238. The van der Waals surface area contributed by atoms with Crippen LogP contribution in [0.4, 0.5) is 22.6 Å². The van der Waals surface area contributed by atoms with Crippen molar-refractivity contribution in [2.75, 3.05) is 30.2 Å². The number of hydrogen-bond acceptors (Lipinski definition) is 11. The molecule has 0 spiro atoms. The van der Waals surface area contributed by atoms with Crippen LogP contribution >= 0.6 is 11.3 Å². The number of aromatic nitrogens is 6. The monoisotopic (exact) mass is 740 g/mol. The molecule has 276 valence electrons. The highest BCUT2D eigenvalue weighted by Crippen LogP contribution is 2.36. The number of fused-ring (bicyclic) bond motifs is 1. The number of pyridine rings is 1. The maximum absolute atomic E-state index is 13.7. The van der Waals surface area contributed by atoms with Gasteiger partial charge >= 0.3 is 5.97 Å². The fourth-order valence-electron chi connectivity index (χ4n) is 6.40. The molecule has 0 radical (unpaired) electrons. The summed E-state index contributed by atoms with van der Waals surface area (Å²) in [7, 11) is 0.613. The largest absolute Gasteiger partial charge is 0.455 e. The van der Waals surface area contributed by atoms with Crippen LogP contribution in [0.3, 0.4) is 0 Å². The Kier molecular flexibility index (Phi) is 11.1. The summed E-state index contributed by atoms with van der Waals surface area (Å²) < 4.78 is 15.3. The van der Waals surface area contributed by atoms with Gasteiger partial charge in [0.1, 0.15) is 18.1 Å². The molecule has 0 saturated heterocycles. The second-order valence-corrected chi connectivity index (χ2v) is 22.7. The van der Waals surface area contributed by atoms with E-state index in [0.717, 1.165) is 44.8 Å². The van der Waals surface area contributed by atoms with Gasteiger partial charge in [0, 0.05) is 45.1 Å². The Labute approximate surface area is 312 Å². The van der Waals surface area contributed by atoms with E-state index >= 15 is 0 Å². The molecule has 0 unspecified atom stereocenters. The zero-order valence-electron chi connectivity index (χ0n) is 32.1. The topological polar surface area (TPSA) is 111 Å². The number of para-hydroxylation sites is 1. The van der Waals surface area contributed by atoms with E-state index in [9.17, 15) is 4.79 Å². The van der Waals surface area contributed by atoms with E-state index in [-0.39, 0.29) is 5.69 Å². The van der Waals surface area contributed by atoms with E-state index in [2.05, 4.69) is 42.4 Å². The molecule has 11 nitrogen and oxygen atoms in total. The van der Waals surface area contributed by atoms with Crippen molar-refractivity contribution in [2.45, 2.75) is 98.1 Å². The molecule has 4 aromatic heterocycles. The Balaban J connectivity index is 1.30. The van der Waals surface area contributed by atoms with Gasteiger partial charge in [-0.2, -0.15) is 5.10 Å². The fourth-order valence-corrected chi connectivity index (χ4v) is 8.11. The molecule has 1 aliphatic rings. The van der Waals surface area contributed by atoms with Crippen molar-refractivity contribution in [3.8, 4) is 11.1 Å². The summed E-state index contributed by atoms with van der Waals surface area (Å²) in [5.74, 6) is 1.95. The van der Waals surface area contributed by atoms with Crippen LogP contribution in [0.15, 0.2) is 48.7 Å². The third-order valence-corrected chi connectivity index (χ3v) is 12.2. The lowest BCUT2D eigenvalue weighted by atomic mass is 10.0. The summed E-state index contributed by atoms with van der Waals surface area (Å²) in [4.78, 5) is 27.4. The average molecular weight is 741 g/mol. The third kappa shape index (κ3) is 8.87. The maximum atomic E-state index is 13.7. The minimum atomic E-state index is -1.26. The normalized spacial score (nSPS) is 13.9. The van der Waals surface area contributed by atoms with Crippen LogP contribution < -0.4 is 9.80 Å². The van der Waals surface area contributed by atoms with E-state index in [0.29, 0.717) is 42.3 Å². The number of hydrogen-bond donors (Lipinski definition) is 0. The highest BCUT2D eigenvalue weighted by atomic mass is 32.1. The first-order chi connectivity index (χ1) is 24.7. The number of rotatable bonds is 13. The predicted molar refractivity (Wildman–Crippen MR) is 213 cm³/mol. The van der Waals surface area contributed by atoms with Gasteiger partial charge in [0.25, 0.3) is 0 Å². The smallest absolute Gasteiger partial charge is 0.358 e. The highest BCUT2D eigenvalue weighted by molar-refractivity contribution is 7.22. The van der Waals surface area contributed by atoms with Crippen LogP contribution in [0.2, 0.25) is 25.7 Å². The maximum Gasteiger partial charge on any atom is 0.358 e. The molecule has 13 heteroatoms. The van der Waals surface area contributed by atoms with E-state index in [1.165, 1.54) is 25.7 Å². The number of aryl methyl sites for hydroxylation is 1. The molecule has 0 aliphatic heterocycles. The van der Waals surface area contributed by atoms with Gasteiger partial charge in [-0.3, -0.25) is 9.58 Å². The van der Waals surface area contributed by atoms with Crippen LogP contribution in [0.5, 0.6) is 0 Å². The van der Waals surface area contributed by atoms with E-state index < -0.39 is 19.6 Å². The van der Waals surface area contributed by atoms with Crippen LogP contribution in [-0.4, -0.2) is 70.0 Å². The molecule has 0 amide bonds. The first-order valence-corrected chi connectivity index (χ1v) is 22.8. The van der Waals surface area contributed by atoms with E-state index in [4.69, 9.17) is 29.6 Å². The fraction of sp³-hybridized carbons (Fsp3) is 0.487. The molecule has 1 fully saturated rings. The van der Waals surface area contributed by atoms with Crippen molar-refractivity contribution < 1.29 is 14.3 Å². The Bertz CT molecular complexity index is 1990. The molecular weight excluding hydrogens is 689 g/mol. The number of benzene rings is 1. The first-order valence-electron chi connectivity index (χ1n) is 18.2. The molecular formula is C39H52N8O3SSi. The number of anilines is 4. The van der Waals surface area contributed by atoms with Crippen LogP contribution in [0, 0.1) is 19.8 Å². The van der Waals surface area contributed by atoms with Gasteiger partial charge in [0.05, 0.1) is 16.4 Å². The van der Waals surface area contributed by atoms with E-state index in [1.807, 2.05) is 87.1 Å². The molecule has 52 heavy (non-hydrogen) atoms. The SMILES string of the molecule is Cc1cc(N(C)c2ccc(-c3cnn(CC4CCCC4)c3C)c(C(=O)OC(C)(C)C)n2)nnc1N(COCC[Si](C)(C)C)c1nc2ccccc2s1. The lowest BCUT2D eigenvalue weighted by molar-refractivity contribution is 0.00639. The summed E-state index contributed by atoms with van der Waals surface area (Å²) in [5.41, 5.74) is 3.97. The van der Waals surface area contributed by atoms with Crippen molar-refractivity contribution in [3.63, 3.8) is 0 Å². The van der Waals surface area contributed by atoms with Gasteiger partial charge in [-0.25, -0.2) is 14.8 Å². The number of ether oxygens (including phenoxy) is 2. The Morgan fingerprint density at radius 3 is 2.44 bits per heavy atom. The number of esters is 1. The van der Waals surface area contributed by atoms with Crippen LogP contribution in [0.25, 0.3) is 21.3 Å². The van der Waals surface area contributed by atoms with Gasteiger partial charge in [-0.15, -0.1) is 10.2 Å². The third-order valence-electron chi connectivity index (χ3n) is 9.39. The van der Waals surface area contributed by atoms with Gasteiger partial charge in [-0.1, -0.05) is 56.0 Å². The second kappa shape index (κ2) is 15.4. The predicted octanol–water partition coefficient (Wildman–Crippen LogP) is 9.33. The first kappa shape index (κ1) is 37.6. The Morgan fingerprint density at radius 1 is 1.00 bits per heavy atom.